The zero-order valence-corrected chi connectivity index (χ0v) is 20.9. The number of carbonyl (C=O) groups is 2. The van der Waals surface area contributed by atoms with Crippen molar-refractivity contribution in [1.82, 2.24) is 25.8 Å². The van der Waals surface area contributed by atoms with Gasteiger partial charge in [0.2, 0.25) is 5.91 Å². The lowest BCUT2D eigenvalue weighted by Crippen LogP contribution is -2.44. The van der Waals surface area contributed by atoms with Crippen molar-refractivity contribution in [3.05, 3.63) is 22.4 Å². The van der Waals surface area contributed by atoms with Crippen molar-refractivity contribution in [3.63, 3.8) is 0 Å². The number of carbonyl (C=O) groups excluding carboxylic acids is 2. The van der Waals surface area contributed by atoms with Crippen molar-refractivity contribution in [2.24, 2.45) is 10.9 Å². The van der Waals surface area contributed by atoms with Crippen molar-refractivity contribution in [1.29, 1.82) is 0 Å². The van der Waals surface area contributed by atoms with E-state index in [0.29, 0.717) is 25.6 Å². The molecule has 30 heavy (non-hydrogen) atoms. The second-order valence-corrected chi connectivity index (χ2v) is 8.58. The molecule has 0 radical (unpaired) electrons. The number of hydrogen-bond donors (Lipinski definition) is 3. The Labute approximate surface area is 199 Å². The summed E-state index contributed by atoms with van der Waals surface area (Å²) in [4.78, 5) is 33.3. The summed E-state index contributed by atoms with van der Waals surface area (Å²) in [7, 11) is 0. The molecule has 2 aliphatic rings. The highest BCUT2D eigenvalue weighted by Gasteiger charge is 2.28. The number of imide groups is 1. The van der Waals surface area contributed by atoms with Crippen LogP contribution < -0.4 is 16.0 Å². The third-order valence-corrected chi connectivity index (χ3v) is 6.44. The molecule has 1 unspecified atom stereocenters. The first-order valence-corrected chi connectivity index (χ1v) is 11.3. The molecule has 3 rings (SSSR count). The number of guanidine groups is 1. The Morgan fingerprint density at radius 3 is 2.70 bits per heavy atom. The van der Waals surface area contributed by atoms with Crippen molar-refractivity contribution in [3.8, 4) is 0 Å². The van der Waals surface area contributed by atoms with Crippen LogP contribution in [0.1, 0.15) is 37.6 Å². The van der Waals surface area contributed by atoms with Gasteiger partial charge in [-0.25, -0.2) is 4.79 Å². The minimum atomic E-state index is -0.323. The van der Waals surface area contributed by atoms with Crippen LogP contribution >= 0.6 is 35.3 Å². The lowest BCUT2D eigenvalue weighted by atomic mass is 9.97. The van der Waals surface area contributed by atoms with E-state index in [1.54, 1.807) is 11.3 Å². The summed E-state index contributed by atoms with van der Waals surface area (Å²) >= 11 is 1.79. The van der Waals surface area contributed by atoms with E-state index in [4.69, 9.17) is 4.99 Å². The van der Waals surface area contributed by atoms with Crippen molar-refractivity contribution in [2.75, 3.05) is 45.8 Å². The van der Waals surface area contributed by atoms with Gasteiger partial charge in [-0.05, 0) is 50.2 Å². The SMILES string of the molecule is CCNC(=NCC(c1cccs1)N1CCC(C)CC1)NCCN1C(=O)CNC1=O.I. The van der Waals surface area contributed by atoms with Crippen LogP contribution in [0.4, 0.5) is 4.79 Å². The normalized spacial score (nSPS) is 19.4. The Kier molecular flexibility index (Phi) is 10.3. The Balaban J connectivity index is 0.00000320. The summed E-state index contributed by atoms with van der Waals surface area (Å²) in [5, 5.41) is 11.2. The zero-order valence-electron chi connectivity index (χ0n) is 17.7. The lowest BCUT2D eigenvalue weighted by Gasteiger charge is -2.35. The number of thiophene rings is 1. The molecule has 0 aliphatic carbocycles. The van der Waals surface area contributed by atoms with Gasteiger partial charge in [0.15, 0.2) is 5.96 Å². The van der Waals surface area contributed by atoms with Crippen LogP contribution in [0.5, 0.6) is 0 Å². The van der Waals surface area contributed by atoms with Gasteiger partial charge in [0.25, 0.3) is 0 Å². The van der Waals surface area contributed by atoms with Gasteiger partial charge < -0.3 is 16.0 Å². The minimum Gasteiger partial charge on any atom is -0.357 e. The molecule has 1 aromatic heterocycles. The minimum absolute atomic E-state index is 0. The molecular weight excluding hydrogens is 515 g/mol. The second-order valence-electron chi connectivity index (χ2n) is 7.60. The van der Waals surface area contributed by atoms with Gasteiger partial charge in [-0.1, -0.05) is 13.0 Å². The number of nitrogens with one attached hydrogen (secondary N) is 3. The molecule has 10 heteroatoms. The monoisotopic (exact) mass is 548 g/mol. The van der Waals surface area contributed by atoms with Gasteiger partial charge in [-0.3, -0.25) is 19.6 Å². The Hall–Kier alpha value is -1.40. The first-order valence-electron chi connectivity index (χ1n) is 10.5. The quantitative estimate of drug-likeness (QED) is 0.201. The van der Waals surface area contributed by atoms with Crippen molar-refractivity contribution in [2.45, 2.75) is 32.7 Å². The number of aliphatic imine (C=N–C) groups is 1. The van der Waals surface area contributed by atoms with Crippen LogP contribution in [0.15, 0.2) is 22.5 Å². The molecule has 3 N–H and O–H groups in total. The summed E-state index contributed by atoms with van der Waals surface area (Å²) in [6.45, 7) is 8.87. The van der Waals surface area contributed by atoms with Gasteiger partial charge in [0, 0.05) is 24.5 Å². The fraction of sp³-hybridized carbons (Fsp3) is 0.650. The van der Waals surface area contributed by atoms with Crippen LogP contribution in [0.2, 0.25) is 0 Å². The van der Waals surface area contributed by atoms with Gasteiger partial charge in [0.05, 0.1) is 19.1 Å². The number of likely N-dealkylation sites (tertiary alicyclic amines) is 1. The topological polar surface area (TPSA) is 89.1 Å². The molecule has 1 aromatic rings. The molecule has 2 saturated heterocycles. The van der Waals surface area contributed by atoms with E-state index in [0.717, 1.165) is 25.6 Å². The number of halogens is 1. The number of piperidine rings is 1. The van der Waals surface area contributed by atoms with E-state index in [2.05, 4.69) is 45.3 Å². The number of hydrogen-bond acceptors (Lipinski definition) is 5. The Morgan fingerprint density at radius 2 is 2.10 bits per heavy atom. The molecule has 2 aliphatic heterocycles. The number of nitrogens with zero attached hydrogens (tertiary/aromatic N) is 3. The average molecular weight is 548 g/mol. The van der Waals surface area contributed by atoms with Crippen LogP contribution in [0.25, 0.3) is 0 Å². The fourth-order valence-corrected chi connectivity index (χ4v) is 4.55. The standard InChI is InChI=1S/C20H32N6O2S.HI/c1-3-21-19(22-8-11-26-18(27)14-24-20(26)28)23-13-16(17-5-4-12-29-17)25-9-6-15(2)7-10-25;/h4-5,12,15-16H,3,6-11,13-14H2,1-2H3,(H,24,28)(H2,21,22,23);1H. The molecule has 168 valence electrons. The molecule has 0 spiro atoms. The summed E-state index contributed by atoms with van der Waals surface area (Å²) < 4.78 is 0. The van der Waals surface area contributed by atoms with Gasteiger partial charge >= 0.3 is 6.03 Å². The van der Waals surface area contributed by atoms with Gasteiger partial charge in [-0.2, -0.15) is 0 Å². The number of rotatable bonds is 8. The summed E-state index contributed by atoms with van der Waals surface area (Å²) in [6, 6.07) is 4.26. The van der Waals surface area contributed by atoms with E-state index in [-0.39, 0.29) is 48.5 Å². The molecular formula is C20H33IN6O2S. The highest BCUT2D eigenvalue weighted by atomic mass is 127. The van der Waals surface area contributed by atoms with Gasteiger partial charge in [0.1, 0.15) is 0 Å². The third kappa shape index (κ3) is 6.81. The smallest absolute Gasteiger partial charge is 0.324 e. The van der Waals surface area contributed by atoms with E-state index >= 15 is 0 Å². The van der Waals surface area contributed by atoms with Crippen molar-refractivity contribution < 1.29 is 9.59 Å². The second kappa shape index (κ2) is 12.5. The third-order valence-electron chi connectivity index (χ3n) is 5.46. The van der Waals surface area contributed by atoms with Crippen LogP contribution in [-0.2, 0) is 4.79 Å². The van der Waals surface area contributed by atoms with Crippen LogP contribution in [0, 0.1) is 5.92 Å². The maximum atomic E-state index is 11.7. The van der Waals surface area contributed by atoms with E-state index in [1.807, 2.05) is 6.92 Å². The maximum Gasteiger partial charge on any atom is 0.324 e. The molecule has 8 nitrogen and oxygen atoms in total. The Morgan fingerprint density at radius 1 is 1.33 bits per heavy atom. The maximum absolute atomic E-state index is 11.7. The molecule has 1 atom stereocenters. The average Bonchev–Trinajstić information content (AvgIpc) is 3.35. The first-order chi connectivity index (χ1) is 14.1. The highest BCUT2D eigenvalue weighted by molar-refractivity contribution is 14.0. The van der Waals surface area contributed by atoms with Crippen LogP contribution in [0.3, 0.4) is 0 Å². The van der Waals surface area contributed by atoms with Gasteiger partial charge in [-0.15, -0.1) is 35.3 Å². The first kappa shape index (κ1) is 24.9. The Bertz CT molecular complexity index is 690. The number of urea groups is 1. The van der Waals surface area contributed by atoms with E-state index in [9.17, 15) is 9.59 Å². The zero-order chi connectivity index (χ0) is 20.6. The van der Waals surface area contributed by atoms with E-state index in [1.165, 1.54) is 22.6 Å². The molecule has 2 fully saturated rings. The largest absolute Gasteiger partial charge is 0.357 e. The number of amides is 3. The van der Waals surface area contributed by atoms with E-state index < -0.39 is 0 Å². The molecule has 3 heterocycles. The predicted octanol–water partition coefficient (Wildman–Crippen LogP) is 2.25. The predicted molar refractivity (Wildman–Crippen MR) is 132 cm³/mol. The molecule has 3 amide bonds. The molecule has 0 aromatic carbocycles. The van der Waals surface area contributed by atoms with Crippen LogP contribution in [-0.4, -0.2) is 73.5 Å². The summed E-state index contributed by atoms with van der Waals surface area (Å²) in [5.74, 6) is 1.32. The fourth-order valence-electron chi connectivity index (χ4n) is 3.69. The molecule has 0 bridgehead atoms. The highest BCUT2D eigenvalue weighted by Crippen LogP contribution is 2.29. The summed E-state index contributed by atoms with van der Waals surface area (Å²) in [6.07, 6.45) is 2.46. The lowest BCUT2D eigenvalue weighted by molar-refractivity contribution is -0.124. The van der Waals surface area contributed by atoms with Crippen molar-refractivity contribution >= 4 is 53.2 Å². The molecule has 0 saturated carbocycles. The summed E-state index contributed by atoms with van der Waals surface area (Å²) in [5.41, 5.74) is 0.